The second-order valence-electron chi connectivity index (χ2n) is 3.86. The number of rotatable bonds is 2. The number of aromatic nitrogens is 1. The number of likely N-dealkylation sites (N-methyl/N-ethyl adjacent to an activating group) is 1. The normalized spacial score (nSPS) is 19.7. The van der Waals surface area contributed by atoms with Crippen LogP contribution in [-0.2, 0) is 4.74 Å². The predicted octanol–water partition coefficient (Wildman–Crippen LogP) is 0.236. The van der Waals surface area contributed by atoms with Gasteiger partial charge in [0.15, 0.2) is 5.43 Å². The van der Waals surface area contributed by atoms with E-state index in [0.717, 1.165) is 6.42 Å². The molecule has 1 aromatic heterocycles. The summed E-state index contributed by atoms with van der Waals surface area (Å²) in [6.07, 6.45) is 3.78. The van der Waals surface area contributed by atoms with Gasteiger partial charge >= 0.3 is 0 Å². The summed E-state index contributed by atoms with van der Waals surface area (Å²) >= 11 is 0. The summed E-state index contributed by atoms with van der Waals surface area (Å²) < 4.78 is 5.21. The van der Waals surface area contributed by atoms with Crippen molar-refractivity contribution in [2.45, 2.75) is 12.5 Å². The monoisotopic (exact) mass is 222 g/mol. The molecule has 1 fully saturated rings. The zero-order valence-corrected chi connectivity index (χ0v) is 9.10. The Bertz CT molecular complexity index is 435. The van der Waals surface area contributed by atoms with Gasteiger partial charge in [-0.2, -0.15) is 0 Å². The summed E-state index contributed by atoms with van der Waals surface area (Å²) in [4.78, 5) is 27.8. The van der Waals surface area contributed by atoms with E-state index in [1.54, 1.807) is 11.9 Å². The van der Waals surface area contributed by atoms with Gasteiger partial charge in [-0.05, 0) is 6.42 Å². The van der Waals surface area contributed by atoms with E-state index < -0.39 is 0 Å². The lowest BCUT2D eigenvalue weighted by Gasteiger charge is -2.22. The second-order valence-corrected chi connectivity index (χ2v) is 3.86. The van der Waals surface area contributed by atoms with Crippen LogP contribution in [-0.4, -0.2) is 42.1 Å². The third-order valence-corrected chi connectivity index (χ3v) is 2.83. The van der Waals surface area contributed by atoms with E-state index in [2.05, 4.69) is 4.98 Å². The first-order chi connectivity index (χ1) is 7.70. The molecule has 2 rings (SSSR count). The van der Waals surface area contributed by atoms with Crippen molar-refractivity contribution in [1.82, 2.24) is 9.88 Å². The minimum atomic E-state index is -0.255. The van der Waals surface area contributed by atoms with Gasteiger partial charge in [0, 0.05) is 32.1 Å². The van der Waals surface area contributed by atoms with Crippen LogP contribution < -0.4 is 5.43 Å². The summed E-state index contributed by atoms with van der Waals surface area (Å²) in [6.45, 7) is 1.22. The zero-order chi connectivity index (χ0) is 11.5. The highest BCUT2D eigenvalue weighted by Crippen LogP contribution is 2.12. The number of pyridine rings is 1. The predicted molar refractivity (Wildman–Crippen MR) is 58.4 cm³/mol. The maximum absolute atomic E-state index is 12.0. The third-order valence-electron chi connectivity index (χ3n) is 2.83. The van der Waals surface area contributed by atoms with E-state index in [4.69, 9.17) is 4.74 Å². The van der Waals surface area contributed by atoms with Crippen molar-refractivity contribution in [3.8, 4) is 0 Å². The second kappa shape index (κ2) is 4.49. The van der Waals surface area contributed by atoms with Crippen LogP contribution in [0, 0.1) is 0 Å². The van der Waals surface area contributed by atoms with Gasteiger partial charge < -0.3 is 14.6 Å². The minimum absolute atomic E-state index is 0.0760. The molecule has 1 N–H and O–H groups in total. The van der Waals surface area contributed by atoms with Gasteiger partial charge in [0.1, 0.15) is 5.56 Å². The molecule has 0 spiro atoms. The number of ether oxygens (including phenoxy) is 1. The smallest absolute Gasteiger partial charge is 0.259 e. The number of hydrogen-bond donors (Lipinski definition) is 1. The van der Waals surface area contributed by atoms with Crippen LogP contribution in [0.5, 0.6) is 0 Å². The average Bonchev–Trinajstić information content (AvgIpc) is 2.81. The van der Waals surface area contributed by atoms with Crippen molar-refractivity contribution >= 4 is 5.91 Å². The number of aromatic amines is 1. The Labute approximate surface area is 93.0 Å². The quantitative estimate of drug-likeness (QED) is 0.779. The van der Waals surface area contributed by atoms with Gasteiger partial charge in [-0.3, -0.25) is 9.59 Å². The Hall–Kier alpha value is -1.62. The van der Waals surface area contributed by atoms with Crippen molar-refractivity contribution in [1.29, 1.82) is 0 Å². The van der Waals surface area contributed by atoms with Crippen molar-refractivity contribution < 1.29 is 9.53 Å². The van der Waals surface area contributed by atoms with E-state index in [-0.39, 0.29) is 22.9 Å². The molecule has 0 aromatic carbocycles. The first-order valence-corrected chi connectivity index (χ1v) is 5.22. The van der Waals surface area contributed by atoms with E-state index in [0.29, 0.717) is 13.2 Å². The number of amides is 1. The van der Waals surface area contributed by atoms with Crippen LogP contribution in [0.4, 0.5) is 0 Å². The van der Waals surface area contributed by atoms with E-state index in [1.807, 2.05) is 0 Å². The molecule has 1 saturated heterocycles. The molecule has 0 bridgehead atoms. The lowest BCUT2D eigenvalue weighted by Crippen LogP contribution is -2.39. The van der Waals surface area contributed by atoms with Gasteiger partial charge in [-0.15, -0.1) is 0 Å². The maximum atomic E-state index is 12.0. The Morgan fingerprint density at radius 1 is 1.62 bits per heavy atom. The van der Waals surface area contributed by atoms with E-state index in [1.165, 1.54) is 18.5 Å². The molecule has 1 atom stereocenters. The Morgan fingerprint density at radius 2 is 2.44 bits per heavy atom. The molecule has 1 unspecified atom stereocenters. The zero-order valence-electron chi connectivity index (χ0n) is 9.10. The lowest BCUT2D eigenvalue weighted by molar-refractivity contribution is 0.0709. The number of nitrogens with zero attached hydrogens (tertiary/aromatic N) is 1. The van der Waals surface area contributed by atoms with Crippen LogP contribution in [0.3, 0.4) is 0 Å². The molecule has 16 heavy (non-hydrogen) atoms. The standard InChI is InChI=1S/C11H14N2O3/c1-13(8-3-5-16-7-8)11(15)9-6-12-4-2-10(9)14/h2,4,6,8H,3,5,7H2,1H3,(H,12,14). The largest absolute Gasteiger partial charge is 0.379 e. The molecule has 1 aliphatic heterocycles. The molecule has 0 radical (unpaired) electrons. The SMILES string of the molecule is CN(C(=O)c1c[nH]ccc1=O)C1CCOC1. The minimum Gasteiger partial charge on any atom is -0.379 e. The number of carbonyl (C=O) groups is 1. The van der Waals surface area contributed by atoms with Crippen LogP contribution in [0.15, 0.2) is 23.3 Å². The molecular formula is C11H14N2O3. The summed E-state index contributed by atoms with van der Waals surface area (Å²) in [5.41, 5.74) is -0.0774. The highest BCUT2D eigenvalue weighted by molar-refractivity contribution is 5.93. The van der Waals surface area contributed by atoms with Crippen molar-refractivity contribution in [3.05, 3.63) is 34.2 Å². The molecule has 0 aliphatic carbocycles. The average molecular weight is 222 g/mol. The molecule has 5 nitrogen and oxygen atoms in total. The summed E-state index contributed by atoms with van der Waals surface area (Å²) in [7, 11) is 1.70. The Morgan fingerprint density at radius 3 is 3.06 bits per heavy atom. The van der Waals surface area contributed by atoms with Crippen LogP contribution in [0.25, 0.3) is 0 Å². The van der Waals surface area contributed by atoms with Crippen molar-refractivity contribution in [3.63, 3.8) is 0 Å². The molecule has 0 saturated carbocycles. The molecule has 1 aromatic rings. The molecule has 2 heterocycles. The lowest BCUT2D eigenvalue weighted by atomic mass is 10.2. The highest BCUT2D eigenvalue weighted by Gasteiger charge is 2.25. The van der Waals surface area contributed by atoms with Crippen LogP contribution in [0.2, 0.25) is 0 Å². The van der Waals surface area contributed by atoms with Gasteiger partial charge in [-0.25, -0.2) is 0 Å². The van der Waals surface area contributed by atoms with Gasteiger partial charge in [-0.1, -0.05) is 0 Å². The number of nitrogens with one attached hydrogen (secondary N) is 1. The van der Waals surface area contributed by atoms with Crippen molar-refractivity contribution in [2.24, 2.45) is 0 Å². The fraction of sp³-hybridized carbons (Fsp3) is 0.455. The molecule has 86 valence electrons. The fourth-order valence-corrected chi connectivity index (χ4v) is 1.77. The topological polar surface area (TPSA) is 62.4 Å². The first kappa shape index (κ1) is 10.9. The summed E-state index contributed by atoms with van der Waals surface area (Å²) in [6, 6.07) is 1.43. The Kier molecular flexibility index (Phi) is 3.05. The van der Waals surface area contributed by atoms with Gasteiger partial charge in [0.25, 0.3) is 5.91 Å². The summed E-state index contributed by atoms with van der Waals surface area (Å²) in [5, 5.41) is 0. The Balaban J connectivity index is 2.18. The number of H-pyrrole nitrogens is 1. The maximum Gasteiger partial charge on any atom is 0.259 e. The van der Waals surface area contributed by atoms with Crippen LogP contribution >= 0.6 is 0 Å². The van der Waals surface area contributed by atoms with Gasteiger partial charge in [0.05, 0.1) is 12.6 Å². The van der Waals surface area contributed by atoms with E-state index in [9.17, 15) is 9.59 Å². The first-order valence-electron chi connectivity index (χ1n) is 5.22. The summed E-state index contributed by atoms with van der Waals surface area (Å²) in [5.74, 6) is -0.252. The number of hydrogen-bond acceptors (Lipinski definition) is 3. The molecular weight excluding hydrogens is 208 g/mol. The van der Waals surface area contributed by atoms with E-state index >= 15 is 0 Å². The molecule has 5 heteroatoms. The molecule has 1 amide bonds. The molecule has 1 aliphatic rings. The highest BCUT2D eigenvalue weighted by atomic mass is 16.5. The van der Waals surface area contributed by atoms with Gasteiger partial charge in [0.2, 0.25) is 0 Å². The van der Waals surface area contributed by atoms with Crippen LogP contribution in [0.1, 0.15) is 16.8 Å². The van der Waals surface area contributed by atoms with Crippen molar-refractivity contribution in [2.75, 3.05) is 20.3 Å². The number of carbonyl (C=O) groups excluding carboxylic acids is 1. The third kappa shape index (κ3) is 1.99. The fourth-order valence-electron chi connectivity index (χ4n) is 1.77.